The summed E-state index contributed by atoms with van der Waals surface area (Å²) in [6, 6.07) is 53.3. The minimum absolute atomic E-state index is 0.623. The number of thiophene rings is 1. The SMILES string of the molecule is c1ccc2cc3c(cc2c1)oc1ccc(-c2nc(-c4cc5ccccc5c5ccccc45)nc(-c4cccc5c4sc4ccccc45)n2)cc13. The van der Waals surface area contributed by atoms with Crippen molar-refractivity contribution in [1.82, 2.24) is 15.0 Å². The predicted molar refractivity (Wildman–Crippen MR) is 209 cm³/mol. The molecule has 11 rings (SSSR count). The summed E-state index contributed by atoms with van der Waals surface area (Å²) >= 11 is 1.78. The topological polar surface area (TPSA) is 51.8 Å². The molecule has 50 heavy (non-hydrogen) atoms. The molecule has 11 aromatic rings. The molecule has 0 N–H and O–H groups in total. The molecule has 232 valence electrons. The average molecular weight is 656 g/mol. The second-order valence-corrected chi connectivity index (χ2v) is 13.8. The first-order valence-corrected chi connectivity index (χ1v) is 17.5. The average Bonchev–Trinajstić information content (AvgIpc) is 3.74. The van der Waals surface area contributed by atoms with Gasteiger partial charge in [0.15, 0.2) is 17.5 Å². The highest BCUT2D eigenvalue weighted by atomic mass is 32.1. The molecule has 0 aliphatic rings. The molecule has 3 heterocycles. The van der Waals surface area contributed by atoms with Gasteiger partial charge in [-0.05, 0) is 80.8 Å². The van der Waals surface area contributed by atoms with Crippen LogP contribution in [0.5, 0.6) is 0 Å². The maximum Gasteiger partial charge on any atom is 0.165 e. The lowest BCUT2D eigenvalue weighted by atomic mass is 9.97. The van der Waals surface area contributed by atoms with Gasteiger partial charge in [0, 0.05) is 47.6 Å². The summed E-state index contributed by atoms with van der Waals surface area (Å²) in [5.74, 6) is 1.92. The van der Waals surface area contributed by atoms with Crippen LogP contribution in [0.1, 0.15) is 0 Å². The molecule has 0 atom stereocenters. The molecule has 0 aliphatic heterocycles. The summed E-state index contributed by atoms with van der Waals surface area (Å²) in [4.78, 5) is 15.8. The minimum Gasteiger partial charge on any atom is -0.456 e. The third-order valence-corrected chi connectivity index (χ3v) is 11.1. The van der Waals surface area contributed by atoms with Gasteiger partial charge in [-0.15, -0.1) is 11.3 Å². The van der Waals surface area contributed by atoms with Gasteiger partial charge in [0.2, 0.25) is 0 Å². The Balaban J connectivity index is 1.20. The van der Waals surface area contributed by atoms with Gasteiger partial charge in [0.1, 0.15) is 11.2 Å². The van der Waals surface area contributed by atoms with Crippen molar-refractivity contribution in [3.05, 3.63) is 152 Å². The number of fused-ring (bicyclic) bond motifs is 10. The van der Waals surface area contributed by atoms with Crippen LogP contribution in [0.2, 0.25) is 0 Å². The summed E-state index contributed by atoms with van der Waals surface area (Å²) in [6.07, 6.45) is 0. The van der Waals surface area contributed by atoms with Crippen molar-refractivity contribution in [2.24, 2.45) is 0 Å². The van der Waals surface area contributed by atoms with E-state index >= 15 is 0 Å². The van der Waals surface area contributed by atoms with E-state index < -0.39 is 0 Å². The Morgan fingerprint density at radius 3 is 1.88 bits per heavy atom. The molecule has 0 bridgehead atoms. The van der Waals surface area contributed by atoms with E-state index in [-0.39, 0.29) is 0 Å². The Labute approximate surface area is 289 Å². The van der Waals surface area contributed by atoms with E-state index in [1.165, 1.54) is 36.3 Å². The second-order valence-electron chi connectivity index (χ2n) is 12.8. The minimum atomic E-state index is 0.623. The van der Waals surface area contributed by atoms with Crippen LogP contribution in [-0.2, 0) is 0 Å². The van der Waals surface area contributed by atoms with E-state index in [0.717, 1.165) is 54.8 Å². The van der Waals surface area contributed by atoms with E-state index in [2.05, 4.69) is 146 Å². The predicted octanol–water partition coefficient (Wildman–Crippen LogP) is 12.6. The molecular weight excluding hydrogens is 631 g/mol. The van der Waals surface area contributed by atoms with Gasteiger partial charge in [-0.3, -0.25) is 0 Å². The van der Waals surface area contributed by atoms with Crippen molar-refractivity contribution < 1.29 is 4.42 Å². The largest absolute Gasteiger partial charge is 0.456 e. The Bertz CT molecular complexity index is 3170. The fourth-order valence-electron chi connectivity index (χ4n) is 7.51. The normalized spacial score (nSPS) is 12.0. The zero-order valence-electron chi connectivity index (χ0n) is 26.6. The number of hydrogen-bond donors (Lipinski definition) is 0. The maximum absolute atomic E-state index is 6.35. The molecule has 8 aromatic carbocycles. The van der Waals surface area contributed by atoms with E-state index in [4.69, 9.17) is 19.4 Å². The smallest absolute Gasteiger partial charge is 0.165 e. The molecule has 0 spiro atoms. The summed E-state index contributed by atoms with van der Waals surface area (Å²) in [5, 5.41) is 11.5. The van der Waals surface area contributed by atoms with Gasteiger partial charge in [0.05, 0.1) is 0 Å². The maximum atomic E-state index is 6.35. The van der Waals surface area contributed by atoms with Crippen LogP contribution in [0.15, 0.2) is 156 Å². The highest BCUT2D eigenvalue weighted by Gasteiger charge is 2.19. The zero-order chi connectivity index (χ0) is 32.8. The fourth-order valence-corrected chi connectivity index (χ4v) is 8.72. The summed E-state index contributed by atoms with van der Waals surface area (Å²) in [6.45, 7) is 0. The van der Waals surface area contributed by atoms with Crippen molar-refractivity contribution >= 4 is 85.8 Å². The summed E-state index contributed by atoms with van der Waals surface area (Å²) in [7, 11) is 0. The van der Waals surface area contributed by atoms with Gasteiger partial charge in [0.25, 0.3) is 0 Å². The van der Waals surface area contributed by atoms with Gasteiger partial charge in [-0.2, -0.15) is 0 Å². The van der Waals surface area contributed by atoms with Crippen molar-refractivity contribution in [2.75, 3.05) is 0 Å². The van der Waals surface area contributed by atoms with Gasteiger partial charge >= 0.3 is 0 Å². The zero-order valence-corrected chi connectivity index (χ0v) is 27.4. The number of nitrogens with zero attached hydrogens (tertiary/aromatic N) is 3. The van der Waals surface area contributed by atoms with Crippen molar-refractivity contribution in [1.29, 1.82) is 0 Å². The Morgan fingerprint density at radius 2 is 1.02 bits per heavy atom. The molecule has 0 aliphatic carbocycles. The quantitative estimate of drug-likeness (QED) is 0.178. The molecule has 0 radical (unpaired) electrons. The first-order chi connectivity index (χ1) is 24.7. The van der Waals surface area contributed by atoms with Crippen LogP contribution in [0.4, 0.5) is 0 Å². The van der Waals surface area contributed by atoms with Crippen LogP contribution in [0, 0.1) is 0 Å². The lowest BCUT2D eigenvalue weighted by Crippen LogP contribution is -2.01. The Morgan fingerprint density at radius 1 is 0.380 bits per heavy atom. The molecular formula is C45H25N3OS. The number of hydrogen-bond acceptors (Lipinski definition) is 5. The molecule has 3 aromatic heterocycles. The van der Waals surface area contributed by atoms with Crippen LogP contribution >= 0.6 is 11.3 Å². The molecule has 4 nitrogen and oxygen atoms in total. The Hall–Kier alpha value is -6.43. The van der Waals surface area contributed by atoms with Crippen molar-refractivity contribution in [3.63, 3.8) is 0 Å². The second kappa shape index (κ2) is 10.5. The number of benzene rings is 8. The third-order valence-electron chi connectivity index (χ3n) is 9.89. The molecule has 5 heteroatoms. The molecule has 0 saturated heterocycles. The van der Waals surface area contributed by atoms with Gasteiger partial charge in [-0.1, -0.05) is 103 Å². The highest BCUT2D eigenvalue weighted by Crippen LogP contribution is 2.41. The van der Waals surface area contributed by atoms with Crippen LogP contribution in [-0.4, -0.2) is 15.0 Å². The Kier molecular flexibility index (Phi) is 5.80. The number of furan rings is 1. The summed E-state index contributed by atoms with van der Waals surface area (Å²) < 4.78 is 8.77. The van der Waals surface area contributed by atoms with E-state index in [9.17, 15) is 0 Å². The van der Waals surface area contributed by atoms with E-state index in [1.807, 2.05) is 6.07 Å². The first-order valence-electron chi connectivity index (χ1n) is 16.7. The summed E-state index contributed by atoms with van der Waals surface area (Å²) in [5.41, 5.74) is 4.59. The lowest BCUT2D eigenvalue weighted by Gasteiger charge is -2.13. The van der Waals surface area contributed by atoms with E-state index in [0.29, 0.717) is 17.5 Å². The van der Waals surface area contributed by atoms with E-state index in [1.54, 1.807) is 11.3 Å². The monoisotopic (exact) mass is 655 g/mol. The van der Waals surface area contributed by atoms with Gasteiger partial charge in [-0.25, -0.2) is 15.0 Å². The van der Waals surface area contributed by atoms with Crippen molar-refractivity contribution in [3.8, 4) is 34.2 Å². The van der Waals surface area contributed by atoms with Gasteiger partial charge < -0.3 is 4.42 Å². The standard InChI is InChI=1S/C45H25N3OS/c1-2-11-27-25-40-37(22-26(27)10-1)36-24-29(20-21-39(36)49-40)43-46-44(35-18-9-17-34-33-16-7-8-19-41(33)50-42(34)35)48-45(47-43)38-23-28-12-3-4-13-30(28)31-14-5-6-15-32(31)38/h1-25H. The highest BCUT2D eigenvalue weighted by molar-refractivity contribution is 7.26. The number of aromatic nitrogens is 3. The molecule has 0 amide bonds. The molecule has 0 fully saturated rings. The van der Waals surface area contributed by atoms with Crippen LogP contribution in [0.25, 0.3) is 109 Å². The van der Waals surface area contributed by atoms with Crippen LogP contribution in [0.3, 0.4) is 0 Å². The fraction of sp³-hybridized carbons (Fsp3) is 0. The molecule has 0 unspecified atom stereocenters. The first kappa shape index (κ1) is 27.5. The lowest BCUT2D eigenvalue weighted by molar-refractivity contribution is 0.669. The van der Waals surface area contributed by atoms with Crippen LogP contribution < -0.4 is 0 Å². The number of rotatable bonds is 3. The van der Waals surface area contributed by atoms with Crippen molar-refractivity contribution in [2.45, 2.75) is 0 Å². The third kappa shape index (κ3) is 4.14. The molecule has 0 saturated carbocycles.